The Morgan fingerprint density at radius 3 is 1.58 bits per heavy atom. The molecule has 2 rings (SSSR count). The second-order valence-corrected chi connectivity index (χ2v) is 6.18. The zero-order chi connectivity index (χ0) is 14.5. The van der Waals surface area contributed by atoms with Crippen LogP contribution in [0, 0.1) is 11.8 Å². The Hall–Kier alpha value is -0.0400. The average molecular weight is 270 g/mol. The Morgan fingerprint density at radius 1 is 0.789 bits per heavy atom. The third kappa shape index (κ3) is 9.49. The van der Waals surface area contributed by atoms with Crippen LogP contribution >= 0.6 is 0 Å². The van der Waals surface area contributed by atoms with Gasteiger partial charge in [-0.25, -0.2) is 0 Å². The summed E-state index contributed by atoms with van der Waals surface area (Å²) in [5, 5.41) is 0. The quantitative estimate of drug-likeness (QED) is 0.575. The molecule has 2 atom stereocenters. The first-order valence-electron chi connectivity index (χ1n) is 8.94. The number of unbranched alkanes of at least 4 members (excludes halogenated alkanes) is 5. The van der Waals surface area contributed by atoms with Gasteiger partial charge in [0.1, 0.15) is 0 Å². The topological polar surface area (TPSA) is 3.24 Å². The van der Waals surface area contributed by atoms with Crippen LogP contribution < -0.4 is 0 Å². The van der Waals surface area contributed by atoms with Crippen molar-refractivity contribution in [3.8, 4) is 0 Å². The van der Waals surface area contributed by atoms with Gasteiger partial charge in [0.05, 0.1) is 0 Å². The minimum atomic E-state index is 1.06. The van der Waals surface area contributed by atoms with Gasteiger partial charge in [-0.15, -0.1) is 0 Å². The van der Waals surface area contributed by atoms with Gasteiger partial charge >= 0.3 is 0 Å². The van der Waals surface area contributed by atoms with Gasteiger partial charge in [0.25, 0.3) is 0 Å². The third-order valence-electron chi connectivity index (χ3n) is 4.25. The molecule has 1 heteroatoms. The summed E-state index contributed by atoms with van der Waals surface area (Å²) in [7, 11) is 2.25. The molecule has 2 unspecified atom stereocenters. The summed E-state index contributed by atoms with van der Waals surface area (Å²) in [6.07, 6.45) is 13.0. The molecule has 1 saturated carbocycles. The van der Waals surface area contributed by atoms with E-state index in [1.165, 1.54) is 70.9 Å². The lowest BCUT2D eigenvalue weighted by atomic mass is 10.00. The van der Waals surface area contributed by atoms with Crippen LogP contribution in [0.3, 0.4) is 0 Å². The molecule has 0 aromatic carbocycles. The fourth-order valence-electron chi connectivity index (χ4n) is 3.32. The van der Waals surface area contributed by atoms with Crippen LogP contribution in [0.5, 0.6) is 0 Å². The fourth-order valence-corrected chi connectivity index (χ4v) is 3.32. The van der Waals surface area contributed by atoms with Gasteiger partial charge < -0.3 is 4.90 Å². The van der Waals surface area contributed by atoms with Crippen LogP contribution in [-0.2, 0) is 0 Å². The minimum Gasteiger partial charge on any atom is -0.306 e. The van der Waals surface area contributed by atoms with Gasteiger partial charge in [-0.05, 0) is 38.1 Å². The highest BCUT2D eigenvalue weighted by molar-refractivity contribution is 4.83. The van der Waals surface area contributed by atoms with Crippen molar-refractivity contribution in [3.05, 3.63) is 0 Å². The van der Waals surface area contributed by atoms with Crippen LogP contribution in [0.25, 0.3) is 0 Å². The first-order valence-corrected chi connectivity index (χ1v) is 8.94. The summed E-state index contributed by atoms with van der Waals surface area (Å²) in [6, 6.07) is 0. The molecule has 0 spiro atoms. The smallest absolute Gasteiger partial charge is 0.000683 e. The van der Waals surface area contributed by atoms with Crippen molar-refractivity contribution in [1.82, 2.24) is 4.90 Å². The zero-order valence-electron chi connectivity index (χ0n) is 14.4. The molecule has 2 bridgehead atoms. The molecule has 1 aliphatic heterocycles. The van der Waals surface area contributed by atoms with Crippen molar-refractivity contribution in [3.63, 3.8) is 0 Å². The maximum absolute atomic E-state index is 2.49. The number of likely N-dealkylation sites (tertiary alicyclic amines) is 1. The molecule has 1 heterocycles. The number of rotatable bonds is 5. The number of hydrogen-bond acceptors (Lipinski definition) is 1. The van der Waals surface area contributed by atoms with Crippen molar-refractivity contribution < 1.29 is 0 Å². The van der Waals surface area contributed by atoms with E-state index in [0.717, 1.165) is 11.8 Å². The van der Waals surface area contributed by atoms with Crippen LogP contribution in [-0.4, -0.2) is 25.0 Å². The van der Waals surface area contributed by atoms with E-state index in [-0.39, 0.29) is 0 Å². The lowest BCUT2D eigenvalue weighted by Crippen LogP contribution is -2.32. The van der Waals surface area contributed by atoms with E-state index < -0.39 is 0 Å². The molecule has 0 aromatic rings. The Kier molecular flexibility index (Phi) is 12.9. The highest BCUT2D eigenvalue weighted by Gasteiger charge is 2.30. The maximum atomic E-state index is 2.49. The number of fused-ring (bicyclic) bond motifs is 2. The van der Waals surface area contributed by atoms with Crippen molar-refractivity contribution in [2.24, 2.45) is 11.8 Å². The maximum Gasteiger partial charge on any atom is 0.000683 e. The molecule has 116 valence electrons. The van der Waals surface area contributed by atoms with Crippen molar-refractivity contribution in [2.45, 2.75) is 85.5 Å². The summed E-state index contributed by atoms with van der Waals surface area (Å²) in [6.45, 7) is 11.3. The second kappa shape index (κ2) is 13.0. The van der Waals surface area contributed by atoms with E-state index in [0.29, 0.717) is 0 Å². The number of nitrogens with zero attached hydrogens (tertiary/aromatic N) is 1. The van der Waals surface area contributed by atoms with E-state index in [1.807, 2.05) is 13.8 Å². The van der Waals surface area contributed by atoms with Crippen molar-refractivity contribution in [1.29, 1.82) is 0 Å². The molecule has 1 nitrogen and oxygen atoms in total. The summed E-state index contributed by atoms with van der Waals surface area (Å²) in [5.41, 5.74) is 0. The molecule has 1 saturated heterocycles. The van der Waals surface area contributed by atoms with Gasteiger partial charge in [0.15, 0.2) is 0 Å². The van der Waals surface area contributed by atoms with Crippen LogP contribution in [0.15, 0.2) is 0 Å². The Morgan fingerprint density at radius 2 is 1.21 bits per heavy atom. The SMILES string of the molecule is CC.CCCCCCCC.CN1CC2CCC(C2)C1. The number of piperidine rings is 1. The summed E-state index contributed by atoms with van der Waals surface area (Å²) in [5.74, 6) is 2.13. The summed E-state index contributed by atoms with van der Waals surface area (Å²) >= 11 is 0. The van der Waals surface area contributed by atoms with Gasteiger partial charge in [-0.3, -0.25) is 0 Å². The van der Waals surface area contributed by atoms with E-state index >= 15 is 0 Å². The monoisotopic (exact) mass is 269 g/mol. The minimum absolute atomic E-state index is 1.06. The third-order valence-corrected chi connectivity index (χ3v) is 4.25. The van der Waals surface area contributed by atoms with E-state index in [1.54, 1.807) is 0 Å². The highest BCUT2D eigenvalue weighted by Crippen LogP contribution is 2.35. The average Bonchev–Trinajstić information content (AvgIpc) is 2.77. The normalized spacial score (nSPS) is 25.1. The summed E-state index contributed by atoms with van der Waals surface area (Å²) < 4.78 is 0. The van der Waals surface area contributed by atoms with Crippen LogP contribution in [0.4, 0.5) is 0 Å². The Balaban J connectivity index is 0.000000305. The molecule has 0 amide bonds. The lowest BCUT2D eigenvalue weighted by molar-refractivity contribution is 0.203. The molecular formula is C18H39N. The first-order chi connectivity index (χ1) is 9.26. The molecule has 2 fully saturated rings. The lowest BCUT2D eigenvalue weighted by Gasteiger charge is -2.27. The van der Waals surface area contributed by atoms with Crippen LogP contribution in [0.1, 0.15) is 85.5 Å². The summed E-state index contributed by atoms with van der Waals surface area (Å²) in [4.78, 5) is 2.49. The van der Waals surface area contributed by atoms with Gasteiger partial charge in [-0.1, -0.05) is 66.2 Å². The molecule has 0 N–H and O–H groups in total. The van der Waals surface area contributed by atoms with Crippen LogP contribution in [0.2, 0.25) is 0 Å². The predicted octanol–water partition coefficient (Wildman–Crippen LogP) is 5.74. The zero-order valence-corrected chi connectivity index (χ0v) is 14.4. The molecule has 0 radical (unpaired) electrons. The van der Waals surface area contributed by atoms with E-state index in [9.17, 15) is 0 Å². The van der Waals surface area contributed by atoms with Gasteiger partial charge in [0.2, 0.25) is 0 Å². The molecule has 19 heavy (non-hydrogen) atoms. The van der Waals surface area contributed by atoms with Gasteiger partial charge in [-0.2, -0.15) is 0 Å². The first kappa shape index (κ1) is 19.0. The Bertz CT molecular complexity index is 161. The molecule has 1 aliphatic carbocycles. The predicted molar refractivity (Wildman–Crippen MR) is 88.7 cm³/mol. The standard InChI is InChI=1S/C8H15N.C8H18.C2H6/c1-9-5-7-2-3-8(4-7)6-9;1-3-5-7-8-6-4-2;1-2/h7-8H,2-6H2,1H3;3-8H2,1-2H3;1-2H3. The number of hydrogen-bond donors (Lipinski definition) is 0. The molecule has 0 aromatic heterocycles. The van der Waals surface area contributed by atoms with Gasteiger partial charge in [0, 0.05) is 13.1 Å². The van der Waals surface area contributed by atoms with E-state index in [2.05, 4.69) is 25.8 Å². The van der Waals surface area contributed by atoms with Crippen molar-refractivity contribution in [2.75, 3.05) is 20.1 Å². The largest absolute Gasteiger partial charge is 0.306 e. The van der Waals surface area contributed by atoms with E-state index in [4.69, 9.17) is 0 Å². The van der Waals surface area contributed by atoms with Crippen molar-refractivity contribution >= 4 is 0 Å². The highest BCUT2D eigenvalue weighted by atomic mass is 15.1. The Labute approximate surface area is 123 Å². The second-order valence-electron chi connectivity index (χ2n) is 6.18. The molecule has 2 aliphatic rings. The fraction of sp³-hybridized carbons (Fsp3) is 1.00. The molecular weight excluding hydrogens is 230 g/mol.